The SMILES string of the molecule is C=CC(C)(CCl)CCCOc1ccccc1. The Labute approximate surface area is 103 Å². The molecule has 0 aliphatic carbocycles. The van der Waals surface area contributed by atoms with Gasteiger partial charge < -0.3 is 4.74 Å². The van der Waals surface area contributed by atoms with Gasteiger partial charge in [-0.15, -0.1) is 18.2 Å². The van der Waals surface area contributed by atoms with Crippen LogP contribution in [0, 0.1) is 5.41 Å². The number of hydrogen-bond acceptors (Lipinski definition) is 1. The summed E-state index contributed by atoms with van der Waals surface area (Å²) in [5, 5.41) is 0. The molecule has 0 radical (unpaired) electrons. The second kappa shape index (κ2) is 6.59. The molecule has 1 nitrogen and oxygen atoms in total. The van der Waals surface area contributed by atoms with Gasteiger partial charge in [0.15, 0.2) is 0 Å². The van der Waals surface area contributed by atoms with Gasteiger partial charge in [-0.1, -0.05) is 31.2 Å². The van der Waals surface area contributed by atoms with Crippen molar-refractivity contribution in [3.8, 4) is 5.75 Å². The number of halogens is 1. The van der Waals surface area contributed by atoms with Crippen molar-refractivity contribution in [3.63, 3.8) is 0 Å². The fourth-order valence-electron chi connectivity index (χ4n) is 1.41. The summed E-state index contributed by atoms with van der Waals surface area (Å²) in [6.07, 6.45) is 3.93. The number of para-hydroxylation sites is 1. The average Bonchev–Trinajstić information content (AvgIpc) is 2.36. The van der Waals surface area contributed by atoms with Crippen LogP contribution in [0.5, 0.6) is 5.75 Å². The monoisotopic (exact) mass is 238 g/mol. The van der Waals surface area contributed by atoms with Crippen LogP contribution < -0.4 is 4.74 Å². The van der Waals surface area contributed by atoms with Crippen molar-refractivity contribution in [1.29, 1.82) is 0 Å². The summed E-state index contributed by atoms with van der Waals surface area (Å²) >= 11 is 5.89. The minimum Gasteiger partial charge on any atom is -0.494 e. The maximum Gasteiger partial charge on any atom is 0.119 e. The van der Waals surface area contributed by atoms with Gasteiger partial charge in [-0.25, -0.2) is 0 Å². The topological polar surface area (TPSA) is 9.23 Å². The molecule has 1 aromatic rings. The molecule has 0 bridgehead atoms. The molecule has 1 rings (SSSR count). The number of alkyl halides is 1. The summed E-state index contributed by atoms with van der Waals surface area (Å²) in [6.45, 7) is 6.66. The largest absolute Gasteiger partial charge is 0.494 e. The van der Waals surface area contributed by atoms with Gasteiger partial charge in [-0.05, 0) is 30.4 Å². The molecule has 0 aliphatic rings. The zero-order chi connectivity index (χ0) is 11.9. The van der Waals surface area contributed by atoms with Gasteiger partial charge in [-0.3, -0.25) is 0 Å². The van der Waals surface area contributed by atoms with Crippen molar-refractivity contribution in [2.24, 2.45) is 5.41 Å². The molecule has 88 valence electrons. The van der Waals surface area contributed by atoms with Crippen molar-refractivity contribution in [3.05, 3.63) is 43.0 Å². The highest BCUT2D eigenvalue weighted by Crippen LogP contribution is 2.26. The zero-order valence-corrected chi connectivity index (χ0v) is 10.5. The number of benzene rings is 1. The van der Waals surface area contributed by atoms with E-state index in [0.29, 0.717) is 5.88 Å². The van der Waals surface area contributed by atoms with Gasteiger partial charge >= 0.3 is 0 Å². The van der Waals surface area contributed by atoms with Crippen LogP contribution in [0.2, 0.25) is 0 Å². The van der Waals surface area contributed by atoms with Gasteiger partial charge in [0.2, 0.25) is 0 Å². The summed E-state index contributed by atoms with van der Waals surface area (Å²) in [5.74, 6) is 1.54. The molecule has 16 heavy (non-hydrogen) atoms. The number of allylic oxidation sites excluding steroid dienone is 1. The van der Waals surface area contributed by atoms with E-state index in [1.165, 1.54) is 0 Å². The first-order chi connectivity index (χ1) is 7.70. The highest BCUT2D eigenvalue weighted by atomic mass is 35.5. The van der Waals surface area contributed by atoms with E-state index in [-0.39, 0.29) is 5.41 Å². The van der Waals surface area contributed by atoms with Gasteiger partial charge in [0, 0.05) is 5.88 Å². The molecular weight excluding hydrogens is 220 g/mol. The summed E-state index contributed by atoms with van der Waals surface area (Å²) in [7, 11) is 0. The first kappa shape index (κ1) is 13.1. The lowest BCUT2D eigenvalue weighted by atomic mass is 9.88. The fourth-order valence-corrected chi connectivity index (χ4v) is 1.65. The van der Waals surface area contributed by atoms with Crippen LogP contribution >= 0.6 is 11.6 Å². The minimum atomic E-state index is 0.0294. The van der Waals surface area contributed by atoms with Crippen LogP contribution in [0.3, 0.4) is 0 Å². The van der Waals surface area contributed by atoms with E-state index in [2.05, 4.69) is 13.5 Å². The average molecular weight is 239 g/mol. The summed E-state index contributed by atoms with van der Waals surface area (Å²) in [4.78, 5) is 0. The van der Waals surface area contributed by atoms with Gasteiger partial charge in [0.25, 0.3) is 0 Å². The lowest BCUT2D eigenvalue weighted by Crippen LogP contribution is -2.16. The van der Waals surface area contributed by atoms with Crippen LogP contribution in [-0.4, -0.2) is 12.5 Å². The second-order valence-electron chi connectivity index (χ2n) is 4.26. The quantitative estimate of drug-likeness (QED) is 0.392. The van der Waals surface area contributed by atoms with E-state index in [1.54, 1.807) is 0 Å². The molecule has 0 saturated carbocycles. The molecule has 0 aliphatic heterocycles. The molecular formula is C14H19ClO. The van der Waals surface area contributed by atoms with E-state index in [0.717, 1.165) is 25.2 Å². The maximum absolute atomic E-state index is 5.89. The van der Waals surface area contributed by atoms with Gasteiger partial charge in [0.1, 0.15) is 5.75 Å². The van der Waals surface area contributed by atoms with Crippen LogP contribution in [-0.2, 0) is 0 Å². The van der Waals surface area contributed by atoms with E-state index in [9.17, 15) is 0 Å². The molecule has 0 aromatic heterocycles. The Balaban J connectivity index is 2.24. The van der Waals surface area contributed by atoms with E-state index >= 15 is 0 Å². The Bertz CT molecular complexity index is 310. The molecule has 0 N–H and O–H groups in total. The van der Waals surface area contributed by atoms with Crippen LogP contribution in [0.25, 0.3) is 0 Å². The molecule has 1 aromatic carbocycles. The van der Waals surface area contributed by atoms with Crippen molar-refractivity contribution < 1.29 is 4.74 Å². The van der Waals surface area contributed by atoms with Gasteiger partial charge in [-0.2, -0.15) is 0 Å². The Morgan fingerprint density at radius 3 is 2.62 bits per heavy atom. The molecule has 2 heteroatoms. The summed E-state index contributed by atoms with van der Waals surface area (Å²) < 4.78 is 5.61. The second-order valence-corrected chi connectivity index (χ2v) is 4.52. The van der Waals surface area contributed by atoms with Gasteiger partial charge in [0.05, 0.1) is 6.61 Å². The number of hydrogen-bond donors (Lipinski definition) is 0. The predicted octanol–water partition coefficient (Wildman–Crippen LogP) is 4.28. The highest BCUT2D eigenvalue weighted by Gasteiger charge is 2.17. The zero-order valence-electron chi connectivity index (χ0n) is 9.79. The first-order valence-electron chi connectivity index (χ1n) is 5.57. The van der Waals surface area contributed by atoms with E-state index in [4.69, 9.17) is 16.3 Å². The van der Waals surface area contributed by atoms with Crippen molar-refractivity contribution >= 4 is 11.6 Å². The van der Waals surface area contributed by atoms with Crippen LogP contribution in [0.1, 0.15) is 19.8 Å². The molecule has 0 spiro atoms. The lowest BCUT2D eigenvalue weighted by Gasteiger charge is -2.22. The number of rotatable bonds is 7. The molecule has 0 amide bonds. The predicted molar refractivity (Wildman–Crippen MR) is 70.2 cm³/mol. The highest BCUT2D eigenvalue weighted by molar-refractivity contribution is 6.18. The summed E-state index contributed by atoms with van der Waals surface area (Å²) in [5.41, 5.74) is 0.0294. The van der Waals surface area contributed by atoms with Crippen molar-refractivity contribution in [2.75, 3.05) is 12.5 Å². The third-order valence-corrected chi connectivity index (χ3v) is 3.31. The maximum atomic E-state index is 5.89. The molecule has 1 unspecified atom stereocenters. The third-order valence-electron chi connectivity index (χ3n) is 2.70. The lowest BCUT2D eigenvalue weighted by molar-refractivity contribution is 0.283. The summed E-state index contributed by atoms with van der Waals surface area (Å²) in [6, 6.07) is 9.86. The standard InChI is InChI=1S/C14H19ClO/c1-3-14(2,12-15)10-7-11-16-13-8-5-4-6-9-13/h3-6,8-9H,1,7,10-12H2,2H3. The number of ether oxygens (including phenoxy) is 1. The van der Waals surface area contributed by atoms with E-state index in [1.807, 2.05) is 36.4 Å². The Morgan fingerprint density at radius 2 is 2.06 bits per heavy atom. The molecule has 1 atom stereocenters. The molecule has 0 fully saturated rings. The normalized spacial score (nSPS) is 14.1. The van der Waals surface area contributed by atoms with Crippen molar-refractivity contribution in [1.82, 2.24) is 0 Å². The smallest absolute Gasteiger partial charge is 0.119 e. The first-order valence-corrected chi connectivity index (χ1v) is 6.11. The molecule has 0 heterocycles. The third kappa shape index (κ3) is 4.28. The Hall–Kier alpha value is -0.950. The Kier molecular flexibility index (Phi) is 5.41. The fraction of sp³-hybridized carbons (Fsp3) is 0.429. The van der Waals surface area contributed by atoms with Crippen molar-refractivity contribution in [2.45, 2.75) is 19.8 Å². The minimum absolute atomic E-state index is 0.0294. The van der Waals surface area contributed by atoms with Crippen LogP contribution in [0.4, 0.5) is 0 Å². The van der Waals surface area contributed by atoms with E-state index < -0.39 is 0 Å². The Morgan fingerprint density at radius 1 is 1.38 bits per heavy atom. The van der Waals surface area contributed by atoms with Crippen LogP contribution in [0.15, 0.2) is 43.0 Å². The molecule has 0 saturated heterocycles.